The van der Waals surface area contributed by atoms with Crippen LogP contribution in [0.2, 0.25) is 0 Å². The SMILES string of the molecule is C[C@H](CCc1ccccc1)C[C@@H](OC(N)=O)C(=O)N[C@@H](CNCCS(N)(=O)=O)C[C@H]1CCNC1=O. The average molecular weight is 512 g/mol. The first-order valence-electron chi connectivity index (χ1n) is 11.8. The quantitative estimate of drug-likeness (QED) is 0.205. The number of carbonyl (C=O) groups is 3. The van der Waals surface area contributed by atoms with Gasteiger partial charge in [0.2, 0.25) is 15.9 Å². The average Bonchev–Trinajstić information content (AvgIpc) is 3.18. The number of hydrogen-bond acceptors (Lipinski definition) is 7. The summed E-state index contributed by atoms with van der Waals surface area (Å²) in [5.41, 5.74) is 6.39. The summed E-state index contributed by atoms with van der Waals surface area (Å²) in [6, 6.07) is 9.45. The topological polar surface area (TPSA) is 183 Å². The lowest BCUT2D eigenvalue weighted by atomic mass is 9.94. The van der Waals surface area contributed by atoms with E-state index in [-0.39, 0.29) is 43.0 Å². The molecule has 0 saturated carbocycles. The van der Waals surface area contributed by atoms with Crippen LogP contribution in [-0.4, -0.2) is 63.9 Å². The van der Waals surface area contributed by atoms with Gasteiger partial charge in [-0.05, 0) is 43.6 Å². The van der Waals surface area contributed by atoms with E-state index in [9.17, 15) is 22.8 Å². The number of primary sulfonamides is 1. The normalized spacial score (nSPS) is 18.3. The van der Waals surface area contributed by atoms with Crippen LogP contribution in [0, 0.1) is 11.8 Å². The number of benzene rings is 1. The Morgan fingerprint density at radius 1 is 1.26 bits per heavy atom. The van der Waals surface area contributed by atoms with E-state index in [1.165, 1.54) is 5.56 Å². The lowest BCUT2D eigenvalue weighted by molar-refractivity contribution is -0.131. The number of sulfonamides is 1. The number of hydrogen-bond donors (Lipinski definition) is 5. The highest BCUT2D eigenvalue weighted by molar-refractivity contribution is 7.89. The van der Waals surface area contributed by atoms with Gasteiger partial charge < -0.3 is 26.4 Å². The van der Waals surface area contributed by atoms with E-state index in [1.807, 2.05) is 37.3 Å². The fraction of sp³-hybridized carbons (Fsp3) is 0.609. The molecule has 0 aromatic heterocycles. The molecule has 3 amide bonds. The van der Waals surface area contributed by atoms with Gasteiger partial charge in [0.05, 0.1) is 5.75 Å². The van der Waals surface area contributed by atoms with Gasteiger partial charge in [0, 0.05) is 31.6 Å². The van der Waals surface area contributed by atoms with Crippen molar-refractivity contribution in [1.82, 2.24) is 16.0 Å². The van der Waals surface area contributed by atoms with Crippen LogP contribution in [0.25, 0.3) is 0 Å². The van der Waals surface area contributed by atoms with Crippen molar-refractivity contribution in [3.05, 3.63) is 35.9 Å². The second-order valence-electron chi connectivity index (χ2n) is 9.08. The summed E-state index contributed by atoms with van der Waals surface area (Å²) < 4.78 is 27.5. The van der Waals surface area contributed by atoms with Crippen LogP contribution in [0.3, 0.4) is 0 Å². The van der Waals surface area contributed by atoms with E-state index in [1.54, 1.807) is 0 Å². The van der Waals surface area contributed by atoms with E-state index < -0.39 is 34.2 Å². The van der Waals surface area contributed by atoms with Gasteiger partial charge in [-0.1, -0.05) is 37.3 Å². The minimum Gasteiger partial charge on any atom is -0.436 e. The van der Waals surface area contributed by atoms with Crippen LogP contribution in [0.15, 0.2) is 30.3 Å². The standard InChI is InChI=1S/C23H37N5O6S/c1-16(7-8-17-5-3-2-4-6-17)13-20(34-23(24)31)22(30)28-19(14-18-9-10-27-21(18)29)15-26-11-12-35(25,32)33/h2-6,16,18-20,26H,7-15H2,1H3,(H2,24,31)(H,27,29)(H,28,30)(H2,25,32,33)/t16-,18-,19-,20-/m1/s1. The molecule has 7 N–H and O–H groups in total. The molecular weight excluding hydrogens is 474 g/mol. The number of primary amides is 1. The largest absolute Gasteiger partial charge is 0.436 e. The molecule has 0 unspecified atom stereocenters. The second-order valence-corrected chi connectivity index (χ2v) is 10.8. The monoisotopic (exact) mass is 511 g/mol. The summed E-state index contributed by atoms with van der Waals surface area (Å²) >= 11 is 0. The molecule has 2 rings (SSSR count). The molecule has 1 fully saturated rings. The van der Waals surface area contributed by atoms with Gasteiger partial charge in [0.1, 0.15) is 0 Å². The van der Waals surface area contributed by atoms with Crippen LogP contribution in [0.5, 0.6) is 0 Å². The van der Waals surface area contributed by atoms with E-state index in [0.717, 1.165) is 12.8 Å². The summed E-state index contributed by atoms with van der Waals surface area (Å²) in [6.07, 6.45) is 0.766. The van der Waals surface area contributed by atoms with Gasteiger partial charge in [-0.2, -0.15) is 0 Å². The van der Waals surface area contributed by atoms with E-state index in [0.29, 0.717) is 19.4 Å². The zero-order chi connectivity index (χ0) is 25.8. The summed E-state index contributed by atoms with van der Waals surface area (Å²) in [7, 11) is -3.63. The van der Waals surface area contributed by atoms with Crippen molar-refractivity contribution in [1.29, 1.82) is 0 Å². The third kappa shape index (κ3) is 11.5. The molecule has 1 saturated heterocycles. The molecule has 1 aliphatic rings. The summed E-state index contributed by atoms with van der Waals surface area (Å²) in [4.78, 5) is 36.6. The zero-order valence-corrected chi connectivity index (χ0v) is 20.9. The van der Waals surface area contributed by atoms with Crippen molar-refractivity contribution in [2.45, 2.75) is 51.2 Å². The Kier molecular flexibility index (Phi) is 11.4. The Bertz CT molecular complexity index is 943. The van der Waals surface area contributed by atoms with Crippen molar-refractivity contribution in [3.63, 3.8) is 0 Å². The predicted molar refractivity (Wildman–Crippen MR) is 132 cm³/mol. The molecule has 35 heavy (non-hydrogen) atoms. The highest BCUT2D eigenvalue weighted by atomic mass is 32.2. The Labute approximate surface area is 206 Å². The molecule has 12 heteroatoms. The molecule has 0 aliphatic carbocycles. The zero-order valence-electron chi connectivity index (χ0n) is 20.1. The first-order valence-corrected chi connectivity index (χ1v) is 13.5. The lowest BCUT2D eigenvalue weighted by Crippen LogP contribution is -2.49. The maximum Gasteiger partial charge on any atom is 0.405 e. The Morgan fingerprint density at radius 2 is 1.97 bits per heavy atom. The van der Waals surface area contributed by atoms with E-state index >= 15 is 0 Å². The van der Waals surface area contributed by atoms with Crippen LogP contribution < -0.4 is 26.8 Å². The molecule has 196 valence electrons. The molecule has 11 nitrogen and oxygen atoms in total. The van der Waals surface area contributed by atoms with Crippen molar-refractivity contribution >= 4 is 27.9 Å². The molecule has 1 aromatic carbocycles. The van der Waals surface area contributed by atoms with Crippen LogP contribution in [0.4, 0.5) is 4.79 Å². The smallest absolute Gasteiger partial charge is 0.405 e. The van der Waals surface area contributed by atoms with Crippen LogP contribution in [-0.2, 0) is 30.8 Å². The third-order valence-electron chi connectivity index (χ3n) is 5.97. The maximum absolute atomic E-state index is 13.1. The molecule has 1 heterocycles. The van der Waals surface area contributed by atoms with Gasteiger partial charge in [-0.25, -0.2) is 18.4 Å². The fourth-order valence-electron chi connectivity index (χ4n) is 4.08. The van der Waals surface area contributed by atoms with Crippen molar-refractivity contribution < 1.29 is 27.5 Å². The van der Waals surface area contributed by atoms with Gasteiger partial charge in [-0.3, -0.25) is 9.59 Å². The Hall–Kier alpha value is -2.70. The fourth-order valence-corrected chi connectivity index (χ4v) is 4.51. The maximum atomic E-state index is 13.1. The number of ether oxygens (including phenoxy) is 1. The van der Waals surface area contributed by atoms with Crippen molar-refractivity contribution in [3.8, 4) is 0 Å². The minimum atomic E-state index is -3.63. The van der Waals surface area contributed by atoms with E-state index in [4.69, 9.17) is 15.6 Å². The Balaban J connectivity index is 1.98. The highest BCUT2D eigenvalue weighted by Gasteiger charge is 2.31. The van der Waals surface area contributed by atoms with Crippen molar-refractivity contribution in [2.24, 2.45) is 22.7 Å². The molecule has 0 radical (unpaired) electrons. The third-order valence-corrected chi connectivity index (χ3v) is 6.74. The lowest BCUT2D eigenvalue weighted by Gasteiger charge is -2.25. The van der Waals surface area contributed by atoms with Gasteiger partial charge in [-0.15, -0.1) is 0 Å². The number of rotatable bonds is 15. The van der Waals surface area contributed by atoms with Crippen molar-refractivity contribution in [2.75, 3.05) is 25.4 Å². The summed E-state index contributed by atoms with van der Waals surface area (Å²) in [5.74, 6) is -1.07. The predicted octanol–water partition coefficient (Wildman–Crippen LogP) is -0.00160. The van der Waals surface area contributed by atoms with Gasteiger partial charge in [0.15, 0.2) is 6.10 Å². The number of amides is 3. The van der Waals surface area contributed by atoms with Crippen LogP contribution >= 0.6 is 0 Å². The second kappa shape index (κ2) is 14.0. The molecule has 0 bridgehead atoms. The first kappa shape index (κ1) is 28.5. The molecule has 0 spiro atoms. The summed E-state index contributed by atoms with van der Waals surface area (Å²) in [5, 5.41) is 13.6. The number of nitrogens with two attached hydrogens (primary N) is 2. The van der Waals surface area contributed by atoms with Crippen LogP contribution in [0.1, 0.15) is 38.2 Å². The number of carbonyl (C=O) groups excluding carboxylic acids is 3. The number of nitrogens with one attached hydrogen (secondary N) is 3. The molecule has 1 aromatic rings. The Morgan fingerprint density at radius 3 is 2.57 bits per heavy atom. The molecule has 1 aliphatic heterocycles. The molecule has 4 atom stereocenters. The minimum absolute atomic E-state index is 0.0669. The first-order chi connectivity index (χ1) is 16.5. The van der Waals surface area contributed by atoms with Gasteiger partial charge >= 0.3 is 6.09 Å². The van der Waals surface area contributed by atoms with E-state index in [2.05, 4.69) is 16.0 Å². The summed E-state index contributed by atoms with van der Waals surface area (Å²) in [6.45, 7) is 2.86. The highest BCUT2D eigenvalue weighted by Crippen LogP contribution is 2.19. The molecular formula is C23H37N5O6S. The van der Waals surface area contributed by atoms with Gasteiger partial charge in [0.25, 0.3) is 5.91 Å². The number of aryl methyl sites for hydroxylation is 1.